The Bertz CT molecular complexity index is 947. The molecule has 1 fully saturated rings. The Morgan fingerprint density at radius 1 is 1.27 bits per heavy atom. The second kappa shape index (κ2) is 6.76. The van der Waals surface area contributed by atoms with Gasteiger partial charge in [0.25, 0.3) is 5.91 Å². The number of carbonyl (C=O) groups is 2. The van der Waals surface area contributed by atoms with E-state index in [0.717, 1.165) is 16.3 Å². The molecule has 2 N–H and O–H groups in total. The van der Waals surface area contributed by atoms with Crippen molar-refractivity contribution in [1.29, 1.82) is 0 Å². The lowest BCUT2D eigenvalue weighted by Crippen LogP contribution is -2.37. The molecular formula is C19H18N4O2S. The summed E-state index contributed by atoms with van der Waals surface area (Å²) in [5, 5.41) is 9.93. The van der Waals surface area contributed by atoms with Gasteiger partial charge in [0.05, 0.1) is 16.6 Å². The largest absolute Gasteiger partial charge is 0.346 e. The van der Waals surface area contributed by atoms with E-state index in [1.807, 2.05) is 49.4 Å². The summed E-state index contributed by atoms with van der Waals surface area (Å²) in [6.45, 7) is 2.50. The number of hydrogen-bond acceptors (Lipinski definition) is 4. The number of benzene rings is 1. The van der Waals surface area contributed by atoms with Gasteiger partial charge in [-0.2, -0.15) is 5.10 Å². The zero-order valence-corrected chi connectivity index (χ0v) is 15.0. The molecule has 0 radical (unpaired) electrons. The zero-order valence-electron chi connectivity index (χ0n) is 14.2. The molecule has 6 nitrogen and oxygen atoms in total. The number of nitrogens with zero attached hydrogens (tertiary/aromatic N) is 2. The van der Waals surface area contributed by atoms with Crippen molar-refractivity contribution in [3.63, 3.8) is 0 Å². The maximum absolute atomic E-state index is 12.5. The Labute approximate surface area is 154 Å². The molecule has 4 rings (SSSR count). The molecule has 1 atom stereocenters. The van der Waals surface area contributed by atoms with E-state index in [1.165, 1.54) is 4.88 Å². The van der Waals surface area contributed by atoms with E-state index in [4.69, 9.17) is 0 Å². The molecule has 1 saturated heterocycles. The predicted molar refractivity (Wildman–Crippen MR) is 101 cm³/mol. The van der Waals surface area contributed by atoms with Gasteiger partial charge in [0.1, 0.15) is 0 Å². The Morgan fingerprint density at radius 3 is 2.81 bits per heavy atom. The number of thiophene rings is 1. The second-order valence-corrected chi connectivity index (χ2v) is 7.58. The van der Waals surface area contributed by atoms with Crippen molar-refractivity contribution in [2.45, 2.75) is 19.4 Å². The smallest absolute Gasteiger partial charge is 0.272 e. The maximum atomic E-state index is 12.5. The van der Waals surface area contributed by atoms with Crippen LogP contribution < -0.4 is 10.2 Å². The summed E-state index contributed by atoms with van der Waals surface area (Å²) in [6.07, 6.45) is 0.294. The van der Waals surface area contributed by atoms with Gasteiger partial charge in [-0.25, -0.2) is 0 Å². The number of aromatic nitrogens is 2. The number of anilines is 1. The van der Waals surface area contributed by atoms with Crippen LogP contribution in [-0.2, 0) is 4.79 Å². The standard InChI is InChI=1S/C19H18N4O2S/c1-12-7-8-17(26-12)15-10-16(22-21-15)19(25)20-13-9-18(24)23(11-13)14-5-3-2-4-6-14/h2-8,10,13H,9,11H2,1H3,(H,20,25)(H,21,22). The van der Waals surface area contributed by atoms with E-state index in [-0.39, 0.29) is 17.9 Å². The maximum Gasteiger partial charge on any atom is 0.272 e. The SMILES string of the molecule is Cc1ccc(-c2cc(C(=O)NC3CC(=O)N(c4ccccc4)C3)n[nH]2)s1. The minimum atomic E-state index is -0.270. The first-order chi connectivity index (χ1) is 12.6. The van der Waals surface area contributed by atoms with Gasteiger partial charge in [0.2, 0.25) is 5.91 Å². The summed E-state index contributed by atoms with van der Waals surface area (Å²) < 4.78 is 0. The molecule has 3 aromatic rings. The van der Waals surface area contributed by atoms with Gasteiger partial charge in [-0.3, -0.25) is 14.7 Å². The molecule has 1 aromatic carbocycles. The van der Waals surface area contributed by atoms with E-state index in [0.29, 0.717) is 18.7 Å². The van der Waals surface area contributed by atoms with Crippen LogP contribution in [0.1, 0.15) is 21.8 Å². The Balaban J connectivity index is 1.43. The number of rotatable bonds is 4. The molecule has 132 valence electrons. The molecule has 1 aliphatic heterocycles. The second-order valence-electron chi connectivity index (χ2n) is 6.29. The molecule has 0 bridgehead atoms. The third-order valence-corrected chi connectivity index (χ3v) is 5.38. The molecule has 0 spiro atoms. The minimum absolute atomic E-state index is 0.0123. The van der Waals surface area contributed by atoms with Gasteiger partial charge in [-0.15, -0.1) is 11.3 Å². The van der Waals surface area contributed by atoms with E-state index in [2.05, 4.69) is 15.5 Å². The van der Waals surface area contributed by atoms with Gasteiger partial charge < -0.3 is 10.2 Å². The topological polar surface area (TPSA) is 78.1 Å². The average molecular weight is 366 g/mol. The number of aromatic amines is 1. The summed E-state index contributed by atoms with van der Waals surface area (Å²) in [4.78, 5) is 28.7. The van der Waals surface area contributed by atoms with Crippen LogP contribution >= 0.6 is 11.3 Å². The van der Waals surface area contributed by atoms with Gasteiger partial charge >= 0.3 is 0 Å². The highest BCUT2D eigenvalue weighted by Gasteiger charge is 2.32. The predicted octanol–water partition coefficient (Wildman–Crippen LogP) is 2.98. The highest BCUT2D eigenvalue weighted by atomic mass is 32.1. The number of H-pyrrole nitrogens is 1. The first-order valence-corrected chi connectivity index (χ1v) is 9.20. The number of hydrogen-bond donors (Lipinski definition) is 2. The van der Waals surface area contributed by atoms with E-state index < -0.39 is 0 Å². The minimum Gasteiger partial charge on any atom is -0.346 e. The number of aryl methyl sites for hydroxylation is 1. The Kier molecular flexibility index (Phi) is 4.30. The highest BCUT2D eigenvalue weighted by molar-refractivity contribution is 7.15. The quantitative estimate of drug-likeness (QED) is 0.745. The van der Waals surface area contributed by atoms with Crippen molar-refractivity contribution in [2.24, 2.45) is 0 Å². The molecule has 3 heterocycles. The van der Waals surface area contributed by atoms with Gasteiger partial charge in [0.15, 0.2) is 5.69 Å². The lowest BCUT2D eigenvalue weighted by atomic mass is 10.2. The third kappa shape index (κ3) is 3.25. The average Bonchev–Trinajstić information content (AvgIpc) is 3.35. The van der Waals surface area contributed by atoms with Crippen molar-refractivity contribution >= 4 is 28.8 Å². The summed E-state index contributed by atoms with van der Waals surface area (Å²) in [7, 11) is 0. The van der Waals surface area contributed by atoms with Gasteiger partial charge in [0, 0.05) is 23.5 Å². The molecular weight excluding hydrogens is 348 g/mol. The van der Waals surface area contributed by atoms with Crippen molar-refractivity contribution in [1.82, 2.24) is 15.5 Å². The summed E-state index contributed by atoms with van der Waals surface area (Å²) in [5.41, 5.74) is 2.00. The van der Waals surface area contributed by atoms with E-state index in [1.54, 1.807) is 22.3 Å². The van der Waals surface area contributed by atoms with Crippen LogP contribution in [0.15, 0.2) is 48.5 Å². The lowest BCUT2D eigenvalue weighted by molar-refractivity contribution is -0.117. The molecule has 1 aliphatic rings. The van der Waals surface area contributed by atoms with Crippen LogP contribution in [0.25, 0.3) is 10.6 Å². The molecule has 0 saturated carbocycles. The van der Waals surface area contributed by atoms with Crippen LogP contribution in [0, 0.1) is 6.92 Å². The third-order valence-electron chi connectivity index (χ3n) is 4.34. The van der Waals surface area contributed by atoms with Gasteiger partial charge in [-0.05, 0) is 37.3 Å². The van der Waals surface area contributed by atoms with Crippen LogP contribution in [0.2, 0.25) is 0 Å². The van der Waals surface area contributed by atoms with Crippen LogP contribution in [0.5, 0.6) is 0 Å². The van der Waals surface area contributed by atoms with Crippen molar-refractivity contribution < 1.29 is 9.59 Å². The van der Waals surface area contributed by atoms with Crippen molar-refractivity contribution in [3.05, 3.63) is 59.1 Å². The molecule has 2 aromatic heterocycles. The van der Waals surface area contributed by atoms with Crippen molar-refractivity contribution in [2.75, 3.05) is 11.4 Å². The molecule has 7 heteroatoms. The van der Waals surface area contributed by atoms with Crippen LogP contribution in [-0.4, -0.2) is 34.6 Å². The first-order valence-electron chi connectivity index (χ1n) is 8.38. The van der Waals surface area contributed by atoms with E-state index in [9.17, 15) is 9.59 Å². The molecule has 0 aliphatic carbocycles. The Hall–Kier alpha value is -2.93. The normalized spacial score (nSPS) is 16.9. The summed E-state index contributed by atoms with van der Waals surface area (Å²) in [5.74, 6) is -0.258. The lowest BCUT2D eigenvalue weighted by Gasteiger charge is -2.16. The summed E-state index contributed by atoms with van der Waals surface area (Å²) in [6, 6.07) is 15.0. The fourth-order valence-corrected chi connectivity index (χ4v) is 3.90. The van der Waals surface area contributed by atoms with Crippen LogP contribution in [0.4, 0.5) is 5.69 Å². The molecule has 1 unspecified atom stereocenters. The Morgan fingerprint density at radius 2 is 2.08 bits per heavy atom. The summed E-state index contributed by atoms with van der Waals surface area (Å²) >= 11 is 1.64. The number of carbonyl (C=O) groups excluding carboxylic acids is 2. The molecule has 26 heavy (non-hydrogen) atoms. The van der Waals surface area contributed by atoms with Crippen molar-refractivity contribution in [3.8, 4) is 10.6 Å². The number of nitrogens with one attached hydrogen (secondary N) is 2. The number of para-hydroxylation sites is 1. The van der Waals surface area contributed by atoms with Crippen LogP contribution in [0.3, 0.4) is 0 Å². The fourth-order valence-electron chi connectivity index (χ4n) is 3.06. The zero-order chi connectivity index (χ0) is 18.1. The first kappa shape index (κ1) is 16.5. The molecule has 2 amide bonds. The van der Waals surface area contributed by atoms with Gasteiger partial charge in [-0.1, -0.05) is 18.2 Å². The number of amides is 2. The highest BCUT2D eigenvalue weighted by Crippen LogP contribution is 2.26. The fraction of sp³-hybridized carbons (Fsp3) is 0.211. The monoisotopic (exact) mass is 366 g/mol. The van der Waals surface area contributed by atoms with E-state index >= 15 is 0 Å².